The van der Waals surface area contributed by atoms with E-state index in [0.29, 0.717) is 16.9 Å². The summed E-state index contributed by atoms with van der Waals surface area (Å²) < 4.78 is 26.6. The lowest BCUT2D eigenvalue weighted by Crippen LogP contribution is -2.24. The third-order valence-electron chi connectivity index (χ3n) is 4.17. The van der Waals surface area contributed by atoms with E-state index in [-0.39, 0.29) is 10.9 Å². The van der Waals surface area contributed by atoms with Crippen LogP contribution in [0.1, 0.15) is 16.8 Å². The van der Waals surface area contributed by atoms with Crippen LogP contribution in [0.25, 0.3) is 5.69 Å². The fraction of sp³-hybridized carbons (Fsp3) is 0.200. The number of aryl methyl sites for hydroxylation is 2. The zero-order chi connectivity index (χ0) is 20.3. The van der Waals surface area contributed by atoms with E-state index < -0.39 is 21.5 Å². The molecular formula is C20H20ClN3O3S. The zero-order valence-electron chi connectivity index (χ0n) is 15.5. The van der Waals surface area contributed by atoms with Gasteiger partial charge in [0, 0.05) is 11.3 Å². The number of halogens is 1. The number of aromatic nitrogens is 2. The molecule has 0 aliphatic rings. The van der Waals surface area contributed by atoms with E-state index >= 15 is 0 Å². The van der Waals surface area contributed by atoms with Crippen molar-refractivity contribution >= 4 is 33.0 Å². The molecule has 6 nitrogen and oxygen atoms in total. The van der Waals surface area contributed by atoms with Crippen molar-refractivity contribution < 1.29 is 13.2 Å². The summed E-state index contributed by atoms with van der Waals surface area (Å²) in [5, 5.41) is 7.17. The minimum Gasteiger partial charge on any atom is -0.325 e. The second kappa shape index (κ2) is 8.16. The van der Waals surface area contributed by atoms with Crippen molar-refractivity contribution in [3.05, 3.63) is 76.6 Å². The number of hydrogen-bond acceptors (Lipinski definition) is 4. The van der Waals surface area contributed by atoms with E-state index in [9.17, 15) is 13.2 Å². The van der Waals surface area contributed by atoms with Crippen LogP contribution >= 0.6 is 11.6 Å². The number of anilines is 1. The molecule has 146 valence electrons. The molecule has 3 aromatic rings. The number of para-hydroxylation sites is 1. The Morgan fingerprint density at radius 2 is 1.71 bits per heavy atom. The lowest BCUT2D eigenvalue weighted by atomic mass is 10.2. The fourth-order valence-electron chi connectivity index (χ4n) is 2.74. The lowest BCUT2D eigenvalue weighted by molar-refractivity contribution is -0.113. The maximum Gasteiger partial charge on any atom is 0.239 e. The molecule has 2 aromatic carbocycles. The molecule has 0 radical (unpaired) electrons. The highest BCUT2D eigenvalue weighted by Gasteiger charge is 2.23. The van der Waals surface area contributed by atoms with Gasteiger partial charge in [0.1, 0.15) is 10.9 Å². The SMILES string of the molecule is Cc1ccc(NC(=O)CS(=O)(=O)Cc2c(C)nn(-c3ccccc3)c2Cl)cc1. The first-order chi connectivity index (χ1) is 13.2. The molecular weight excluding hydrogens is 398 g/mol. The molecule has 3 rings (SSSR count). The second-order valence-electron chi connectivity index (χ2n) is 6.55. The van der Waals surface area contributed by atoms with E-state index in [0.717, 1.165) is 11.3 Å². The van der Waals surface area contributed by atoms with Crippen molar-refractivity contribution in [1.82, 2.24) is 9.78 Å². The Bertz CT molecular complexity index is 1090. The van der Waals surface area contributed by atoms with Gasteiger partial charge in [-0.05, 0) is 38.1 Å². The van der Waals surface area contributed by atoms with Crippen LogP contribution in [0.5, 0.6) is 0 Å². The first-order valence-electron chi connectivity index (χ1n) is 8.61. The van der Waals surface area contributed by atoms with Gasteiger partial charge in [0.2, 0.25) is 5.91 Å². The molecule has 0 saturated carbocycles. The van der Waals surface area contributed by atoms with Gasteiger partial charge >= 0.3 is 0 Å². The molecule has 0 unspecified atom stereocenters. The van der Waals surface area contributed by atoms with Crippen molar-refractivity contribution in [2.24, 2.45) is 0 Å². The van der Waals surface area contributed by atoms with Gasteiger partial charge in [-0.2, -0.15) is 5.10 Å². The predicted octanol–water partition coefficient (Wildman–Crippen LogP) is 3.70. The van der Waals surface area contributed by atoms with Gasteiger partial charge < -0.3 is 5.32 Å². The van der Waals surface area contributed by atoms with E-state index in [1.54, 1.807) is 19.1 Å². The Kier molecular flexibility index (Phi) is 5.86. The maximum absolute atomic E-state index is 12.5. The number of hydrogen-bond donors (Lipinski definition) is 1. The highest BCUT2D eigenvalue weighted by molar-refractivity contribution is 7.91. The van der Waals surface area contributed by atoms with Crippen LogP contribution in [-0.4, -0.2) is 29.9 Å². The summed E-state index contributed by atoms with van der Waals surface area (Å²) in [4.78, 5) is 12.2. The molecule has 1 amide bonds. The molecule has 0 spiro atoms. The summed E-state index contributed by atoms with van der Waals surface area (Å²) in [6, 6.07) is 16.3. The molecule has 0 aliphatic heterocycles. The number of nitrogens with one attached hydrogen (secondary N) is 1. The number of rotatable bonds is 6. The van der Waals surface area contributed by atoms with Gasteiger partial charge in [0.15, 0.2) is 9.84 Å². The van der Waals surface area contributed by atoms with Crippen molar-refractivity contribution in [3.63, 3.8) is 0 Å². The predicted molar refractivity (Wildman–Crippen MR) is 111 cm³/mol. The van der Waals surface area contributed by atoms with Crippen LogP contribution < -0.4 is 5.32 Å². The van der Waals surface area contributed by atoms with Gasteiger partial charge in [-0.25, -0.2) is 13.1 Å². The monoisotopic (exact) mass is 417 g/mol. The normalized spacial score (nSPS) is 11.4. The zero-order valence-corrected chi connectivity index (χ0v) is 17.1. The molecule has 1 heterocycles. The van der Waals surface area contributed by atoms with Crippen molar-refractivity contribution in [2.45, 2.75) is 19.6 Å². The van der Waals surface area contributed by atoms with Gasteiger partial charge in [0.25, 0.3) is 0 Å². The van der Waals surface area contributed by atoms with Crippen molar-refractivity contribution in [1.29, 1.82) is 0 Å². The average molecular weight is 418 g/mol. The molecule has 1 aromatic heterocycles. The number of benzene rings is 2. The summed E-state index contributed by atoms with van der Waals surface area (Å²) in [6.45, 7) is 3.63. The summed E-state index contributed by atoms with van der Waals surface area (Å²) in [5.41, 5.74) is 3.24. The second-order valence-corrected chi connectivity index (χ2v) is 8.97. The number of nitrogens with zero attached hydrogens (tertiary/aromatic N) is 2. The van der Waals surface area contributed by atoms with Gasteiger partial charge in [-0.3, -0.25) is 4.79 Å². The molecule has 0 atom stereocenters. The number of sulfone groups is 1. The summed E-state index contributed by atoms with van der Waals surface area (Å²) in [7, 11) is -3.73. The van der Waals surface area contributed by atoms with E-state index in [4.69, 9.17) is 11.6 Å². The maximum atomic E-state index is 12.5. The van der Waals surface area contributed by atoms with Gasteiger partial charge in [-0.15, -0.1) is 0 Å². The summed E-state index contributed by atoms with van der Waals surface area (Å²) in [5.74, 6) is -1.58. The number of amides is 1. The molecule has 8 heteroatoms. The molecule has 0 saturated heterocycles. The van der Waals surface area contributed by atoms with Crippen LogP contribution in [0.3, 0.4) is 0 Å². The van der Waals surface area contributed by atoms with Crippen LogP contribution in [0, 0.1) is 13.8 Å². The van der Waals surface area contributed by atoms with E-state index in [1.807, 2.05) is 49.4 Å². The van der Waals surface area contributed by atoms with Gasteiger partial charge in [0.05, 0.1) is 17.1 Å². The van der Waals surface area contributed by atoms with E-state index in [1.165, 1.54) is 4.68 Å². The average Bonchev–Trinajstić information content (AvgIpc) is 2.91. The van der Waals surface area contributed by atoms with Crippen LogP contribution in [0.4, 0.5) is 5.69 Å². The smallest absolute Gasteiger partial charge is 0.239 e. The van der Waals surface area contributed by atoms with Crippen LogP contribution in [0.2, 0.25) is 5.15 Å². The van der Waals surface area contributed by atoms with Gasteiger partial charge in [-0.1, -0.05) is 47.5 Å². The summed E-state index contributed by atoms with van der Waals surface area (Å²) >= 11 is 6.39. The third-order valence-corrected chi connectivity index (χ3v) is 5.99. The molecule has 0 fully saturated rings. The molecule has 0 aliphatic carbocycles. The largest absolute Gasteiger partial charge is 0.325 e. The van der Waals surface area contributed by atoms with E-state index in [2.05, 4.69) is 10.4 Å². The van der Waals surface area contributed by atoms with Crippen LogP contribution in [-0.2, 0) is 20.4 Å². The Labute approximate surface area is 169 Å². The van der Waals surface area contributed by atoms with Crippen LogP contribution in [0.15, 0.2) is 54.6 Å². The quantitative estimate of drug-likeness (QED) is 0.663. The standard InChI is InChI=1S/C20H20ClN3O3S/c1-14-8-10-16(11-9-14)22-19(25)13-28(26,27)12-18-15(2)23-24(20(18)21)17-6-4-3-5-7-17/h3-11H,12-13H2,1-2H3,(H,22,25). The minimum atomic E-state index is -3.73. The third kappa shape index (κ3) is 4.79. The Hall–Kier alpha value is -2.64. The summed E-state index contributed by atoms with van der Waals surface area (Å²) in [6.07, 6.45) is 0. The highest BCUT2D eigenvalue weighted by Crippen LogP contribution is 2.25. The van der Waals surface area contributed by atoms with Crippen molar-refractivity contribution in [2.75, 3.05) is 11.1 Å². The first kappa shape index (κ1) is 20.1. The first-order valence-corrected chi connectivity index (χ1v) is 10.8. The number of carbonyl (C=O) groups excluding carboxylic acids is 1. The Morgan fingerprint density at radius 3 is 2.36 bits per heavy atom. The lowest BCUT2D eigenvalue weighted by Gasteiger charge is -2.07. The Balaban J connectivity index is 1.74. The minimum absolute atomic E-state index is 0.228. The fourth-order valence-corrected chi connectivity index (χ4v) is 4.52. The topological polar surface area (TPSA) is 81.1 Å². The molecule has 28 heavy (non-hydrogen) atoms. The highest BCUT2D eigenvalue weighted by atomic mass is 35.5. The Morgan fingerprint density at radius 1 is 1.07 bits per heavy atom. The molecule has 1 N–H and O–H groups in total. The number of carbonyl (C=O) groups is 1. The van der Waals surface area contributed by atoms with Crippen molar-refractivity contribution in [3.8, 4) is 5.69 Å². The molecule has 0 bridgehead atoms.